The van der Waals surface area contributed by atoms with Crippen molar-refractivity contribution in [3.63, 3.8) is 0 Å². The molecule has 7 heteroatoms. The second kappa shape index (κ2) is 6.27. The highest BCUT2D eigenvalue weighted by molar-refractivity contribution is 7.22. The van der Waals surface area contributed by atoms with Crippen molar-refractivity contribution < 1.29 is 14.2 Å². The lowest BCUT2D eigenvalue weighted by Crippen LogP contribution is -2.06. The summed E-state index contributed by atoms with van der Waals surface area (Å²) in [5, 5.41) is 4.48. The standard InChI is InChI=1S/C12H15ClN2O3S/c1-16-5-4-14-12-15-9-8(17-2)6-7(13)10(18-3)11(9)19-12/h6H,4-5H2,1-3H3,(H,14,15). The Morgan fingerprint density at radius 1 is 1.32 bits per heavy atom. The second-order valence-electron chi connectivity index (χ2n) is 3.71. The highest BCUT2D eigenvalue weighted by Gasteiger charge is 2.17. The Bertz CT molecular complexity index is 574. The molecule has 0 amide bonds. The van der Waals surface area contributed by atoms with E-state index < -0.39 is 0 Å². The molecule has 0 aliphatic rings. The summed E-state index contributed by atoms with van der Waals surface area (Å²) in [6.45, 7) is 1.31. The third-order valence-electron chi connectivity index (χ3n) is 2.55. The number of halogens is 1. The number of anilines is 1. The Morgan fingerprint density at radius 2 is 2.11 bits per heavy atom. The zero-order valence-corrected chi connectivity index (χ0v) is 12.5. The van der Waals surface area contributed by atoms with Crippen LogP contribution < -0.4 is 14.8 Å². The lowest BCUT2D eigenvalue weighted by molar-refractivity contribution is 0.211. The number of nitrogens with zero attached hydrogens (tertiary/aromatic N) is 1. The maximum Gasteiger partial charge on any atom is 0.184 e. The molecular weight excluding hydrogens is 288 g/mol. The fourth-order valence-electron chi connectivity index (χ4n) is 1.68. The van der Waals surface area contributed by atoms with Crippen LogP contribution in [0.25, 0.3) is 10.2 Å². The summed E-state index contributed by atoms with van der Waals surface area (Å²) in [6.07, 6.45) is 0. The monoisotopic (exact) mass is 302 g/mol. The van der Waals surface area contributed by atoms with E-state index in [2.05, 4.69) is 10.3 Å². The van der Waals surface area contributed by atoms with E-state index in [4.69, 9.17) is 25.8 Å². The Morgan fingerprint density at radius 3 is 2.74 bits per heavy atom. The zero-order valence-electron chi connectivity index (χ0n) is 10.9. The Hall–Kier alpha value is -1.24. The minimum absolute atomic E-state index is 0.513. The van der Waals surface area contributed by atoms with E-state index in [0.29, 0.717) is 29.7 Å². The fraction of sp³-hybridized carbons (Fsp3) is 0.417. The van der Waals surface area contributed by atoms with Gasteiger partial charge in [0.15, 0.2) is 10.9 Å². The van der Waals surface area contributed by atoms with Gasteiger partial charge in [0.05, 0.1) is 25.8 Å². The Kier molecular flexibility index (Phi) is 4.68. The van der Waals surface area contributed by atoms with Crippen LogP contribution in [0.5, 0.6) is 11.5 Å². The molecule has 2 aromatic rings. The third-order valence-corrected chi connectivity index (χ3v) is 3.84. The van der Waals surface area contributed by atoms with Crippen molar-refractivity contribution in [2.24, 2.45) is 0 Å². The molecule has 1 aromatic carbocycles. The molecule has 0 spiro atoms. The molecule has 0 atom stereocenters. The number of hydrogen-bond acceptors (Lipinski definition) is 6. The van der Waals surface area contributed by atoms with E-state index in [9.17, 15) is 0 Å². The SMILES string of the molecule is COCCNc1nc2c(OC)cc(Cl)c(OC)c2s1. The number of rotatable bonds is 6. The number of fused-ring (bicyclic) bond motifs is 1. The molecule has 19 heavy (non-hydrogen) atoms. The second-order valence-corrected chi connectivity index (χ2v) is 5.12. The van der Waals surface area contributed by atoms with Crippen LogP contribution in [-0.2, 0) is 4.74 Å². The van der Waals surface area contributed by atoms with E-state index in [0.717, 1.165) is 15.3 Å². The van der Waals surface area contributed by atoms with Crippen molar-refractivity contribution in [1.29, 1.82) is 0 Å². The maximum atomic E-state index is 6.16. The molecule has 1 N–H and O–H groups in total. The van der Waals surface area contributed by atoms with Gasteiger partial charge in [0.25, 0.3) is 0 Å². The number of nitrogens with one attached hydrogen (secondary N) is 1. The van der Waals surface area contributed by atoms with Crippen molar-refractivity contribution in [2.75, 3.05) is 39.8 Å². The van der Waals surface area contributed by atoms with E-state index in [1.807, 2.05) is 0 Å². The van der Waals surface area contributed by atoms with E-state index in [1.165, 1.54) is 11.3 Å². The molecule has 0 aliphatic carbocycles. The van der Waals surface area contributed by atoms with Gasteiger partial charge in [-0.1, -0.05) is 22.9 Å². The molecule has 5 nitrogen and oxygen atoms in total. The zero-order chi connectivity index (χ0) is 13.8. The molecule has 0 fully saturated rings. The molecule has 0 saturated carbocycles. The van der Waals surface area contributed by atoms with Crippen molar-refractivity contribution in [2.45, 2.75) is 0 Å². The summed E-state index contributed by atoms with van der Waals surface area (Å²) in [4.78, 5) is 4.49. The lowest BCUT2D eigenvalue weighted by atomic mass is 10.3. The van der Waals surface area contributed by atoms with Crippen molar-refractivity contribution >= 4 is 38.3 Å². The number of aromatic nitrogens is 1. The first kappa shape index (κ1) is 14.2. The number of thiazole rings is 1. The van der Waals surface area contributed by atoms with Gasteiger partial charge in [-0.3, -0.25) is 0 Å². The average molecular weight is 303 g/mol. The molecule has 0 saturated heterocycles. The molecular formula is C12H15ClN2O3S. The molecule has 2 rings (SSSR count). The quantitative estimate of drug-likeness (QED) is 0.831. The van der Waals surface area contributed by atoms with Crippen LogP contribution in [0.15, 0.2) is 6.07 Å². The van der Waals surface area contributed by atoms with Gasteiger partial charge in [0, 0.05) is 19.7 Å². The summed E-state index contributed by atoms with van der Waals surface area (Å²) in [6, 6.07) is 1.71. The molecule has 0 aliphatic heterocycles. The van der Waals surface area contributed by atoms with Gasteiger partial charge < -0.3 is 19.5 Å². The van der Waals surface area contributed by atoms with Crippen LogP contribution in [0.4, 0.5) is 5.13 Å². The predicted molar refractivity (Wildman–Crippen MR) is 78.1 cm³/mol. The minimum atomic E-state index is 0.513. The van der Waals surface area contributed by atoms with Crippen LogP contribution in [0, 0.1) is 0 Å². The van der Waals surface area contributed by atoms with Crippen molar-refractivity contribution in [3.05, 3.63) is 11.1 Å². The predicted octanol–water partition coefficient (Wildman–Crippen LogP) is 3.03. The smallest absolute Gasteiger partial charge is 0.184 e. The van der Waals surface area contributed by atoms with Gasteiger partial charge in [0.2, 0.25) is 0 Å². The summed E-state index contributed by atoms with van der Waals surface area (Å²) in [7, 11) is 4.84. The fourth-order valence-corrected chi connectivity index (χ4v) is 3.04. The minimum Gasteiger partial charge on any atom is -0.494 e. The van der Waals surface area contributed by atoms with Crippen molar-refractivity contribution in [3.8, 4) is 11.5 Å². The molecule has 0 unspecified atom stereocenters. The molecule has 1 aromatic heterocycles. The first-order valence-electron chi connectivity index (χ1n) is 5.65. The van der Waals surface area contributed by atoms with Gasteiger partial charge in [-0.15, -0.1) is 0 Å². The summed E-state index contributed by atoms with van der Waals surface area (Å²) < 4.78 is 16.5. The molecule has 0 bridgehead atoms. The van der Waals surface area contributed by atoms with Gasteiger partial charge in [-0.25, -0.2) is 4.98 Å². The molecule has 104 valence electrons. The number of methoxy groups -OCH3 is 3. The van der Waals surface area contributed by atoms with Crippen LogP contribution in [0.2, 0.25) is 5.02 Å². The number of hydrogen-bond donors (Lipinski definition) is 1. The summed E-state index contributed by atoms with van der Waals surface area (Å²) in [5.74, 6) is 1.26. The lowest BCUT2D eigenvalue weighted by Gasteiger charge is -2.06. The van der Waals surface area contributed by atoms with Crippen molar-refractivity contribution in [1.82, 2.24) is 4.98 Å². The third kappa shape index (κ3) is 2.86. The van der Waals surface area contributed by atoms with Crippen LogP contribution in [-0.4, -0.2) is 39.5 Å². The highest BCUT2D eigenvalue weighted by Crippen LogP contribution is 2.43. The highest BCUT2D eigenvalue weighted by atomic mass is 35.5. The first-order valence-corrected chi connectivity index (χ1v) is 6.84. The Labute approximate surface area is 120 Å². The van der Waals surface area contributed by atoms with Crippen LogP contribution >= 0.6 is 22.9 Å². The average Bonchev–Trinajstić information content (AvgIpc) is 2.82. The van der Waals surface area contributed by atoms with Crippen LogP contribution in [0.3, 0.4) is 0 Å². The van der Waals surface area contributed by atoms with E-state index in [-0.39, 0.29) is 0 Å². The largest absolute Gasteiger partial charge is 0.494 e. The maximum absolute atomic E-state index is 6.16. The topological polar surface area (TPSA) is 52.6 Å². The van der Waals surface area contributed by atoms with E-state index in [1.54, 1.807) is 27.4 Å². The van der Waals surface area contributed by atoms with Crippen LogP contribution in [0.1, 0.15) is 0 Å². The van der Waals surface area contributed by atoms with Gasteiger partial charge in [0.1, 0.15) is 16.0 Å². The molecule has 1 heterocycles. The first-order chi connectivity index (χ1) is 9.21. The normalized spacial score (nSPS) is 10.7. The summed E-state index contributed by atoms with van der Waals surface area (Å²) in [5.41, 5.74) is 0.744. The number of ether oxygens (including phenoxy) is 3. The Balaban J connectivity index is 2.43. The summed E-state index contributed by atoms with van der Waals surface area (Å²) >= 11 is 7.63. The van der Waals surface area contributed by atoms with E-state index >= 15 is 0 Å². The van der Waals surface area contributed by atoms with Gasteiger partial charge >= 0.3 is 0 Å². The van der Waals surface area contributed by atoms with Gasteiger partial charge in [-0.2, -0.15) is 0 Å². The van der Waals surface area contributed by atoms with Gasteiger partial charge in [-0.05, 0) is 0 Å². The number of benzene rings is 1. The molecule has 0 radical (unpaired) electrons.